The van der Waals surface area contributed by atoms with E-state index in [9.17, 15) is 8.42 Å². The summed E-state index contributed by atoms with van der Waals surface area (Å²) in [6, 6.07) is 5.12. The van der Waals surface area contributed by atoms with Gasteiger partial charge in [0.2, 0.25) is 15.0 Å². The number of fused-ring (bicyclic) bond motifs is 1. The largest absolute Gasteiger partial charge is 0.240 e. The molecule has 0 saturated heterocycles. The molecule has 0 radical (unpaired) electrons. The molecule has 0 atom stereocenters. The van der Waals surface area contributed by atoms with Crippen LogP contribution >= 0.6 is 11.3 Å². The smallest absolute Gasteiger partial charge is 0.223 e. The minimum Gasteiger partial charge on any atom is -0.223 e. The van der Waals surface area contributed by atoms with E-state index in [1.807, 2.05) is 33.8 Å². The van der Waals surface area contributed by atoms with Crippen LogP contribution in [-0.2, 0) is 16.6 Å². The summed E-state index contributed by atoms with van der Waals surface area (Å²) in [6.07, 6.45) is 0. The summed E-state index contributed by atoms with van der Waals surface area (Å²) < 4.78 is 29.3. The third-order valence-corrected chi connectivity index (χ3v) is 6.04. The molecule has 0 amide bonds. The number of hydrogen-bond acceptors (Lipinski definition) is 5. The lowest BCUT2D eigenvalue weighted by Crippen LogP contribution is -2.24. The highest BCUT2D eigenvalue weighted by molar-refractivity contribution is 7.89. The lowest BCUT2D eigenvalue weighted by atomic mass is 10.1. The molecule has 0 saturated carbocycles. The average molecular weight is 350 g/mol. The molecule has 0 unspecified atom stereocenters. The van der Waals surface area contributed by atoms with Crippen LogP contribution in [-0.4, -0.2) is 23.0 Å². The van der Waals surface area contributed by atoms with Gasteiger partial charge >= 0.3 is 0 Å². The van der Waals surface area contributed by atoms with Crippen molar-refractivity contribution in [1.29, 1.82) is 0 Å². The Kier molecular flexibility index (Phi) is 3.99. The fourth-order valence-corrected chi connectivity index (χ4v) is 4.20. The van der Waals surface area contributed by atoms with E-state index in [2.05, 4.69) is 14.8 Å². The van der Waals surface area contributed by atoms with Crippen LogP contribution in [0.3, 0.4) is 0 Å². The highest BCUT2D eigenvalue weighted by atomic mass is 32.2. The fourth-order valence-electron chi connectivity index (χ4n) is 2.32. The van der Waals surface area contributed by atoms with E-state index in [4.69, 9.17) is 0 Å². The van der Waals surface area contributed by atoms with Crippen molar-refractivity contribution in [3.05, 3.63) is 45.7 Å². The van der Waals surface area contributed by atoms with E-state index in [0.29, 0.717) is 0 Å². The Morgan fingerprint density at radius 2 is 1.91 bits per heavy atom. The molecule has 0 aliphatic carbocycles. The van der Waals surface area contributed by atoms with Crippen LogP contribution in [0.1, 0.15) is 27.5 Å². The zero-order valence-electron chi connectivity index (χ0n) is 13.4. The van der Waals surface area contributed by atoms with Crippen molar-refractivity contribution in [2.45, 2.75) is 39.1 Å². The Morgan fingerprint density at radius 3 is 2.61 bits per heavy atom. The Morgan fingerprint density at radius 1 is 1.17 bits per heavy atom. The van der Waals surface area contributed by atoms with Crippen LogP contribution < -0.4 is 4.72 Å². The van der Waals surface area contributed by atoms with Gasteiger partial charge in [-0.3, -0.25) is 0 Å². The molecule has 1 aromatic carbocycles. The summed E-state index contributed by atoms with van der Waals surface area (Å²) in [5, 5.41) is 5.27. The number of hydrogen-bond donors (Lipinski definition) is 1. The number of nitrogens with one attached hydrogen (secondary N) is 1. The van der Waals surface area contributed by atoms with Crippen LogP contribution in [0.25, 0.3) is 4.96 Å². The topological polar surface area (TPSA) is 76.4 Å². The average Bonchev–Trinajstić information content (AvgIpc) is 2.94. The van der Waals surface area contributed by atoms with Gasteiger partial charge in [0, 0.05) is 0 Å². The maximum Gasteiger partial charge on any atom is 0.240 e. The second-order valence-corrected chi connectivity index (χ2v) is 8.46. The van der Waals surface area contributed by atoms with Crippen LogP contribution in [0.15, 0.2) is 23.1 Å². The van der Waals surface area contributed by atoms with Crippen molar-refractivity contribution in [1.82, 2.24) is 19.3 Å². The molecule has 0 aliphatic rings. The van der Waals surface area contributed by atoms with E-state index in [1.54, 1.807) is 16.6 Å². The third-order valence-electron chi connectivity index (χ3n) is 3.82. The molecular weight excluding hydrogens is 332 g/mol. The fraction of sp³-hybridized carbons (Fsp3) is 0.333. The number of aryl methyl sites for hydroxylation is 4. The first-order valence-corrected chi connectivity index (χ1v) is 9.46. The van der Waals surface area contributed by atoms with Gasteiger partial charge in [-0.1, -0.05) is 17.4 Å². The Hall–Kier alpha value is -1.77. The van der Waals surface area contributed by atoms with E-state index in [1.165, 1.54) is 11.3 Å². The SMILES string of the molecule is Cc1nn2c(CNS(=O)(=O)c3ccc(C)c(C)c3)c(C)nc2s1. The molecule has 122 valence electrons. The number of imidazole rings is 1. The summed E-state index contributed by atoms with van der Waals surface area (Å²) in [5.41, 5.74) is 3.56. The van der Waals surface area contributed by atoms with Crippen molar-refractivity contribution >= 4 is 26.3 Å². The molecule has 0 bridgehead atoms. The lowest BCUT2D eigenvalue weighted by Gasteiger charge is -2.08. The predicted molar refractivity (Wildman–Crippen MR) is 90.3 cm³/mol. The second-order valence-electron chi connectivity index (χ2n) is 5.53. The summed E-state index contributed by atoms with van der Waals surface area (Å²) >= 11 is 1.48. The molecule has 0 fully saturated rings. The molecule has 6 nitrogen and oxygen atoms in total. The first-order chi connectivity index (χ1) is 10.8. The summed E-state index contributed by atoms with van der Waals surface area (Å²) in [7, 11) is -3.57. The maximum absolute atomic E-state index is 12.5. The maximum atomic E-state index is 12.5. The first-order valence-electron chi connectivity index (χ1n) is 7.16. The van der Waals surface area contributed by atoms with Gasteiger partial charge in [-0.15, -0.1) is 0 Å². The minimum atomic E-state index is -3.57. The molecule has 3 aromatic rings. The first kappa shape index (κ1) is 16.1. The van der Waals surface area contributed by atoms with Crippen molar-refractivity contribution in [2.24, 2.45) is 0 Å². The van der Waals surface area contributed by atoms with Gasteiger partial charge in [-0.05, 0) is 51.0 Å². The summed E-state index contributed by atoms with van der Waals surface area (Å²) in [5.74, 6) is 0. The van der Waals surface area contributed by atoms with Gasteiger partial charge < -0.3 is 0 Å². The molecule has 8 heteroatoms. The van der Waals surface area contributed by atoms with Crippen LogP contribution in [0.2, 0.25) is 0 Å². The monoisotopic (exact) mass is 350 g/mol. The van der Waals surface area contributed by atoms with Crippen molar-refractivity contribution < 1.29 is 8.42 Å². The number of aromatic nitrogens is 3. The normalized spacial score (nSPS) is 12.2. The van der Waals surface area contributed by atoms with Gasteiger partial charge in [0.1, 0.15) is 5.01 Å². The van der Waals surface area contributed by atoms with Gasteiger partial charge in [0.15, 0.2) is 0 Å². The van der Waals surface area contributed by atoms with Gasteiger partial charge in [-0.25, -0.2) is 22.6 Å². The van der Waals surface area contributed by atoms with Crippen molar-refractivity contribution in [3.8, 4) is 0 Å². The number of benzene rings is 1. The molecular formula is C15H18N4O2S2. The third kappa shape index (κ3) is 3.01. The molecule has 0 aliphatic heterocycles. The highest BCUT2D eigenvalue weighted by Crippen LogP contribution is 2.19. The molecule has 0 spiro atoms. The molecule has 2 heterocycles. The zero-order valence-corrected chi connectivity index (χ0v) is 15.0. The molecule has 1 N–H and O–H groups in total. The quantitative estimate of drug-likeness (QED) is 0.784. The molecule has 23 heavy (non-hydrogen) atoms. The van der Waals surface area contributed by atoms with Gasteiger partial charge in [0.25, 0.3) is 0 Å². The van der Waals surface area contributed by atoms with Crippen LogP contribution in [0, 0.1) is 27.7 Å². The zero-order chi connectivity index (χ0) is 16.8. The second kappa shape index (κ2) is 5.70. The van der Waals surface area contributed by atoms with E-state index < -0.39 is 10.0 Å². The Labute approximate surface area is 139 Å². The molecule has 2 aromatic heterocycles. The number of sulfonamides is 1. The Balaban J connectivity index is 1.88. The van der Waals surface area contributed by atoms with E-state index in [0.717, 1.165) is 32.5 Å². The Bertz CT molecular complexity index is 986. The lowest BCUT2D eigenvalue weighted by molar-refractivity contribution is 0.579. The van der Waals surface area contributed by atoms with Gasteiger partial charge in [-0.2, -0.15) is 5.10 Å². The van der Waals surface area contributed by atoms with Crippen LogP contribution in [0.5, 0.6) is 0 Å². The van der Waals surface area contributed by atoms with Crippen molar-refractivity contribution in [2.75, 3.05) is 0 Å². The highest BCUT2D eigenvalue weighted by Gasteiger charge is 2.18. The standard InChI is InChI=1S/C15H18N4O2S2/c1-9-5-6-13(7-10(9)2)23(20,21)16-8-14-11(3)17-15-19(14)18-12(4)22-15/h5-7,16H,8H2,1-4H3. The van der Waals surface area contributed by atoms with Gasteiger partial charge in [0.05, 0.1) is 22.8 Å². The predicted octanol–water partition coefficient (Wildman–Crippen LogP) is 2.50. The van der Waals surface area contributed by atoms with E-state index >= 15 is 0 Å². The summed E-state index contributed by atoms with van der Waals surface area (Å²) in [6.45, 7) is 7.77. The number of rotatable bonds is 4. The summed E-state index contributed by atoms with van der Waals surface area (Å²) in [4.78, 5) is 5.47. The van der Waals surface area contributed by atoms with E-state index in [-0.39, 0.29) is 11.4 Å². The number of nitrogens with zero attached hydrogens (tertiary/aromatic N) is 3. The molecule has 3 rings (SSSR count). The minimum absolute atomic E-state index is 0.158. The van der Waals surface area contributed by atoms with Crippen molar-refractivity contribution in [3.63, 3.8) is 0 Å². The van der Waals surface area contributed by atoms with Crippen LogP contribution in [0.4, 0.5) is 0 Å².